The van der Waals surface area contributed by atoms with Gasteiger partial charge in [0.1, 0.15) is 0 Å². The van der Waals surface area contributed by atoms with Gasteiger partial charge in [-0.25, -0.2) is 4.79 Å². The van der Waals surface area contributed by atoms with Crippen molar-refractivity contribution in [2.24, 2.45) is 11.1 Å². The summed E-state index contributed by atoms with van der Waals surface area (Å²) >= 11 is 0. The number of esters is 1. The van der Waals surface area contributed by atoms with Crippen molar-refractivity contribution in [2.45, 2.75) is 40.7 Å². The van der Waals surface area contributed by atoms with Gasteiger partial charge >= 0.3 is 5.97 Å². The maximum absolute atomic E-state index is 11.2. The molecule has 0 aromatic heterocycles. The fourth-order valence-corrected chi connectivity index (χ4v) is 1.20. The molecule has 0 aromatic rings. The molecule has 0 fully saturated rings. The number of rotatable bonds is 2. The van der Waals surface area contributed by atoms with Gasteiger partial charge < -0.3 is 10.5 Å². The number of carbonyl (C=O) groups excluding carboxylic acids is 1. The average molecular weight is 199 g/mol. The highest BCUT2D eigenvalue weighted by Gasteiger charge is 2.24. The molecular formula is C11H21NO2. The first kappa shape index (κ1) is 13.2. The van der Waals surface area contributed by atoms with E-state index in [-0.39, 0.29) is 17.4 Å². The lowest BCUT2D eigenvalue weighted by atomic mass is 9.82. The van der Waals surface area contributed by atoms with Crippen molar-refractivity contribution in [3.8, 4) is 0 Å². The van der Waals surface area contributed by atoms with Gasteiger partial charge in [-0.3, -0.25) is 0 Å². The SMILES string of the molecule is COC(=O)C(C)=C(C)C(N)C(C)(C)C. The zero-order valence-electron chi connectivity index (χ0n) is 9.97. The second-order valence-corrected chi connectivity index (χ2v) is 4.64. The van der Waals surface area contributed by atoms with E-state index in [4.69, 9.17) is 5.73 Å². The molecule has 0 aliphatic carbocycles. The van der Waals surface area contributed by atoms with Crippen molar-refractivity contribution >= 4 is 5.97 Å². The summed E-state index contributed by atoms with van der Waals surface area (Å²) in [6, 6.07) is -0.124. The van der Waals surface area contributed by atoms with Crippen molar-refractivity contribution in [3.63, 3.8) is 0 Å². The molecule has 1 atom stereocenters. The molecule has 14 heavy (non-hydrogen) atoms. The Hall–Kier alpha value is -0.830. The Bertz CT molecular complexity index is 249. The van der Waals surface area contributed by atoms with Crippen molar-refractivity contribution in [2.75, 3.05) is 7.11 Å². The molecule has 0 heterocycles. The van der Waals surface area contributed by atoms with Gasteiger partial charge in [0.25, 0.3) is 0 Å². The maximum Gasteiger partial charge on any atom is 0.333 e. The molecule has 0 aliphatic heterocycles. The van der Waals surface area contributed by atoms with Gasteiger partial charge in [0.05, 0.1) is 7.11 Å². The summed E-state index contributed by atoms with van der Waals surface area (Å²) in [6.45, 7) is 9.76. The van der Waals surface area contributed by atoms with E-state index in [1.165, 1.54) is 7.11 Å². The van der Waals surface area contributed by atoms with E-state index in [2.05, 4.69) is 4.74 Å². The molecule has 0 saturated carbocycles. The zero-order valence-corrected chi connectivity index (χ0v) is 9.97. The first-order chi connectivity index (χ1) is 6.21. The quantitative estimate of drug-likeness (QED) is 0.545. The van der Waals surface area contributed by atoms with Gasteiger partial charge in [-0.2, -0.15) is 0 Å². The predicted octanol–water partition coefficient (Wildman–Crippen LogP) is 1.87. The Morgan fingerprint density at radius 2 is 1.71 bits per heavy atom. The summed E-state index contributed by atoms with van der Waals surface area (Å²) in [4.78, 5) is 11.2. The zero-order chi connectivity index (χ0) is 11.5. The normalized spacial score (nSPS) is 15.9. The van der Waals surface area contributed by atoms with Gasteiger partial charge in [-0.1, -0.05) is 20.8 Å². The van der Waals surface area contributed by atoms with E-state index in [0.29, 0.717) is 5.57 Å². The lowest BCUT2D eigenvalue weighted by Gasteiger charge is -2.28. The van der Waals surface area contributed by atoms with Gasteiger partial charge in [-0.15, -0.1) is 0 Å². The fraction of sp³-hybridized carbons (Fsp3) is 0.727. The van der Waals surface area contributed by atoms with Gasteiger partial charge in [0.15, 0.2) is 0 Å². The van der Waals surface area contributed by atoms with Crippen LogP contribution in [0.5, 0.6) is 0 Å². The molecule has 0 saturated heterocycles. The molecule has 3 heteroatoms. The molecule has 0 radical (unpaired) electrons. The van der Waals surface area contributed by atoms with E-state index >= 15 is 0 Å². The molecule has 0 spiro atoms. The highest BCUT2D eigenvalue weighted by molar-refractivity contribution is 5.88. The number of carbonyl (C=O) groups is 1. The molecule has 0 aliphatic rings. The largest absolute Gasteiger partial charge is 0.466 e. The van der Waals surface area contributed by atoms with Crippen LogP contribution in [0.3, 0.4) is 0 Å². The van der Waals surface area contributed by atoms with Gasteiger partial charge in [0.2, 0.25) is 0 Å². The van der Waals surface area contributed by atoms with Gasteiger partial charge in [0, 0.05) is 11.6 Å². The minimum absolute atomic E-state index is 0.0423. The van der Waals surface area contributed by atoms with E-state index in [1.807, 2.05) is 27.7 Å². The van der Waals surface area contributed by atoms with Crippen LogP contribution in [0, 0.1) is 5.41 Å². The summed E-state index contributed by atoms with van der Waals surface area (Å²) in [5.74, 6) is -0.304. The predicted molar refractivity (Wildman–Crippen MR) is 57.8 cm³/mol. The van der Waals surface area contributed by atoms with Crippen molar-refractivity contribution in [1.82, 2.24) is 0 Å². The molecule has 82 valence electrons. The highest BCUT2D eigenvalue weighted by Crippen LogP contribution is 2.24. The lowest BCUT2D eigenvalue weighted by molar-refractivity contribution is -0.136. The topological polar surface area (TPSA) is 52.3 Å². The standard InChI is InChI=1S/C11H21NO2/c1-7(8(2)10(13)14-6)9(12)11(3,4)5/h9H,12H2,1-6H3. The number of methoxy groups -OCH3 is 1. The highest BCUT2D eigenvalue weighted by atomic mass is 16.5. The monoisotopic (exact) mass is 199 g/mol. The Labute approximate surface area is 86.3 Å². The maximum atomic E-state index is 11.2. The smallest absolute Gasteiger partial charge is 0.333 e. The molecule has 0 amide bonds. The summed E-state index contributed by atoms with van der Waals surface area (Å²) in [5, 5.41) is 0. The Morgan fingerprint density at radius 3 is 2.00 bits per heavy atom. The molecule has 1 unspecified atom stereocenters. The summed E-state index contributed by atoms with van der Waals surface area (Å²) in [7, 11) is 1.38. The molecule has 0 aromatic carbocycles. The van der Waals surface area contributed by atoms with E-state index < -0.39 is 0 Å². The van der Waals surface area contributed by atoms with E-state index in [1.54, 1.807) is 6.92 Å². The second kappa shape index (κ2) is 4.60. The minimum atomic E-state index is -0.304. The first-order valence-electron chi connectivity index (χ1n) is 4.73. The minimum Gasteiger partial charge on any atom is -0.466 e. The number of ether oxygens (including phenoxy) is 1. The third-order valence-electron chi connectivity index (χ3n) is 2.48. The third-order valence-corrected chi connectivity index (χ3v) is 2.48. The molecule has 3 nitrogen and oxygen atoms in total. The number of nitrogens with two attached hydrogens (primary N) is 1. The van der Waals surface area contributed by atoms with Crippen molar-refractivity contribution < 1.29 is 9.53 Å². The summed E-state index contributed by atoms with van der Waals surface area (Å²) < 4.78 is 4.64. The second-order valence-electron chi connectivity index (χ2n) is 4.64. The Kier molecular flexibility index (Phi) is 4.33. The molecule has 2 N–H and O–H groups in total. The van der Waals surface area contributed by atoms with Crippen LogP contribution in [0.1, 0.15) is 34.6 Å². The lowest BCUT2D eigenvalue weighted by Crippen LogP contribution is -2.37. The van der Waals surface area contributed by atoms with Crippen LogP contribution in [-0.4, -0.2) is 19.1 Å². The summed E-state index contributed by atoms with van der Waals surface area (Å²) in [5.41, 5.74) is 7.48. The van der Waals surface area contributed by atoms with Crippen LogP contribution in [0.25, 0.3) is 0 Å². The Balaban J connectivity index is 4.92. The van der Waals surface area contributed by atoms with E-state index in [0.717, 1.165) is 5.57 Å². The van der Waals surface area contributed by atoms with Crippen LogP contribution < -0.4 is 5.73 Å². The third kappa shape index (κ3) is 3.14. The van der Waals surface area contributed by atoms with E-state index in [9.17, 15) is 4.79 Å². The molecule has 0 rings (SSSR count). The number of hydrogen-bond donors (Lipinski definition) is 1. The Morgan fingerprint density at radius 1 is 1.29 bits per heavy atom. The van der Waals surface area contributed by atoms with Crippen molar-refractivity contribution in [1.29, 1.82) is 0 Å². The van der Waals surface area contributed by atoms with Crippen LogP contribution in [0.2, 0.25) is 0 Å². The van der Waals surface area contributed by atoms with Crippen LogP contribution in [-0.2, 0) is 9.53 Å². The average Bonchev–Trinajstić information content (AvgIpc) is 2.11. The van der Waals surface area contributed by atoms with Gasteiger partial charge in [-0.05, 0) is 24.8 Å². The molecule has 0 bridgehead atoms. The van der Waals surface area contributed by atoms with Crippen molar-refractivity contribution in [3.05, 3.63) is 11.1 Å². The fourth-order valence-electron chi connectivity index (χ4n) is 1.20. The van der Waals surface area contributed by atoms with Crippen LogP contribution in [0.4, 0.5) is 0 Å². The first-order valence-corrected chi connectivity index (χ1v) is 4.73. The number of hydrogen-bond acceptors (Lipinski definition) is 3. The molecular weight excluding hydrogens is 178 g/mol. The summed E-state index contributed by atoms with van der Waals surface area (Å²) in [6.07, 6.45) is 0. The van der Waals surface area contributed by atoms with Crippen LogP contribution >= 0.6 is 0 Å². The van der Waals surface area contributed by atoms with Crippen LogP contribution in [0.15, 0.2) is 11.1 Å².